The van der Waals surface area contributed by atoms with E-state index in [-0.39, 0.29) is 17.8 Å². The minimum atomic E-state index is -0.103. The second-order valence-corrected chi connectivity index (χ2v) is 5.60. The molecule has 0 aliphatic carbocycles. The van der Waals surface area contributed by atoms with Gasteiger partial charge in [-0.15, -0.1) is 5.10 Å². The molecular weight excluding hydrogens is 258 g/mol. The van der Waals surface area contributed by atoms with Gasteiger partial charge < -0.3 is 9.73 Å². The first-order valence-electron chi connectivity index (χ1n) is 7.08. The van der Waals surface area contributed by atoms with Crippen molar-refractivity contribution < 1.29 is 9.21 Å². The fraction of sp³-hybridized carbons (Fsp3) is 0.769. The smallest absolute Gasteiger partial charge is 0.322 e. The summed E-state index contributed by atoms with van der Waals surface area (Å²) < 4.78 is 5.36. The van der Waals surface area contributed by atoms with Gasteiger partial charge in [0.15, 0.2) is 0 Å². The van der Waals surface area contributed by atoms with Gasteiger partial charge in [-0.25, -0.2) is 0 Å². The highest BCUT2D eigenvalue weighted by atomic mass is 16.4. The van der Waals surface area contributed by atoms with Crippen molar-refractivity contribution in [3.8, 4) is 0 Å². The first-order chi connectivity index (χ1) is 9.58. The molecule has 2 rings (SSSR count). The van der Waals surface area contributed by atoms with Crippen molar-refractivity contribution in [1.82, 2.24) is 20.4 Å². The van der Waals surface area contributed by atoms with Crippen LogP contribution in [0.2, 0.25) is 0 Å². The highest BCUT2D eigenvalue weighted by Crippen LogP contribution is 2.16. The van der Waals surface area contributed by atoms with Crippen LogP contribution in [-0.4, -0.2) is 54.2 Å². The first kappa shape index (κ1) is 14.9. The first-order valence-corrected chi connectivity index (χ1v) is 7.08. The molecular formula is C13H23N5O2. The standard InChI is InChI=1S/C13H23N5O2/c1-9(2)12-16-17-13(20-12)15-11(19)8-18-5-4-10(7-18)6-14-3/h9-10,14H,4-8H2,1-3H3,(H,15,17,19). The number of nitrogens with zero attached hydrogens (tertiary/aromatic N) is 3. The van der Waals surface area contributed by atoms with E-state index < -0.39 is 0 Å². The average molecular weight is 281 g/mol. The van der Waals surface area contributed by atoms with Crippen LogP contribution in [0.1, 0.15) is 32.1 Å². The van der Waals surface area contributed by atoms with Crippen LogP contribution in [0, 0.1) is 5.92 Å². The maximum absolute atomic E-state index is 11.9. The summed E-state index contributed by atoms with van der Waals surface area (Å²) in [6, 6.07) is 0.185. The minimum absolute atomic E-state index is 0.103. The van der Waals surface area contributed by atoms with Crippen molar-refractivity contribution in [1.29, 1.82) is 0 Å². The number of carbonyl (C=O) groups is 1. The van der Waals surface area contributed by atoms with Gasteiger partial charge in [-0.05, 0) is 32.5 Å². The molecule has 2 heterocycles. The molecule has 1 aromatic heterocycles. The summed E-state index contributed by atoms with van der Waals surface area (Å²) in [6.07, 6.45) is 1.13. The molecule has 7 nitrogen and oxygen atoms in total. The third kappa shape index (κ3) is 4.01. The third-order valence-corrected chi connectivity index (χ3v) is 3.41. The van der Waals surface area contributed by atoms with E-state index in [0.717, 1.165) is 26.1 Å². The number of hydrogen-bond donors (Lipinski definition) is 2. The Bertz CT molecular complexity index is 446. The fourth-order valence-corrected chi connectivity index (χ4v) is 2.39. The van der Waals surface area contributed by atoms with E-state index in [1.807, 2.05) is 20.9 Å². The number of rotatable bonds is 6. The van der Waals surface area contributed by atoms with E-state index in [2.05, 4.69) is 25.7 Å². The van der Waals surface area contributed by atoms with Crippen LogP contribution in [0.5, 0.6) is 0 Å². The predicted octanol–water partition coefficient (Wildman–Crippen LogP) is 0.673. The van der Waals surface area contributed by atoms with E-state index in [9.17, 15) is 4.79 Å². The van der Waals surface area contributed by atoms with Crippen LogP contribution in [0.15, 0.2) is 4.42 Å². The Kier molecular flexibility index (Phi) is 5.08. The maximum Gasteiger partial charge on any atom is 0.322 e. The number of hydrogen-bond acceptors (Lipinski definition) is 6. The number of amides is 1. The zero-order valence-electron chi connectivity index (χ0n) is 12.3. The molecule has 1 aliphatic rings. The largest absolute Gasteiger partial charge is 0.408 e. The lowest BCUT2D eigenvalue weighted by Gasteiger charge is -2.14. The molecule has 1 atom stereocenters. The Balaban J connectivity index is 1.78. The van der Waals surface area contributed by atoms with Crippen LogP contribution < -0.4 is 10.6 Å². The monoisotopic (exact) mass is 281 g/mol. The van der Waals surface area contributed by atoms with Crippen molar-refractivity contribution in [2.45, 2.75) is 26.2 Å². The van der Waals surface area contributed by atoms with Gasteiger partial charge in [-0.3, -0.25) is 15.0 Å². The van der Waals surface area contributed by atoms with Gasteiger partial charge >= 0.3 is 6.01 Å². The van der Waals surface area contributed by atoms with Crippen molar-refractivity contribution >= 4 is 11.9 Å². The van der Waals surface area contributed by atoms with Crippen molar-refractivity contribution in [2.75, 3.05) is 38.5 Å². The Hall–Kier alpha value is -1.47. The van der Waals surface area contributed by atoms with Gasteiger partial charge in [-0.2, -0.15) is 0 Å². The lowest BCUT2D eigenvalue weighted by molar-refractivity contribution is -0.117. The molecule has 2 N–H and O–H groups in total. The van der Waals surface area contributed by atoms with E-state index >= 15 is 0 Å². The molecule has 7 heteroatoms. The quantitative estimate of drug-likeness (QED) is 0.797. The summed E-state index contributed by atoms with van der Waals surface area (Å²) in [7, 11) is 1.96. The van der Waals surface area contributed by atoms with Gasteiger partial charge in [0.25, 0.3) is 0 Å². The Labute approximate surface area is 119 Å². The Morgan fingerprint density at radius 2 is 2.30 bits per heavy atom. The number of likely N-dealkylation sites (tertiary alicyclic amines) is 1. The summed E-state index contributed by atoms with van der Waals surface area (Å²) in [6.45, 7) is 7.21. The van der Waals surface area contributed by atoms with Crippen LogP contribution >= 0.6 is 0 Å². The second-order valence-electron chi connectivity index (χ2n) is 5.60. The Morgan fingerprint density at radius 3 is 2.95 bits per heavy atom. The molecule has 20 heavy (non-hydrogen) atoms. The second kappa shape index (κ2) is 6.81. The molecule has 0 spiro atoms. The highest BCUT2D eigenvalue weighted by Gasteiger charge is 2.24. The molecule has 0 bridgehead atoms. The zero-order chi connectivity index (χ0) is 14.5. The van der Waals surface area contributed by atoms with Crippen LogP contribution in [0.3, 0.4) is 0 Å². The van der Waals surface area contributed by atoms with Gasteiger partial charge in [0.05, 0.1) is 6.54 Å². The highest BCUT2D eigenvalue weighted by molar-refractivity contribution is 5.90. The Morgan fingerprint density at radius 1 is 1.50 bits per heavy atom. The van der Waals surface area contributed by atoms with E-state index in [1.165, 1.54) is 0 Å². The molecule has 1 aliphatic heterocycles. The molecule has 0 aromatic carbocycles. The summed E-state index contributed by atoms with van der Waals surface area (Å²) in [5.74, 6) is 1.22. The van der Waals surface area contributed by atoms with Gasteiger partial charge in [0.1, 0.15) is 0 Å². The molecule has 1 aromatic rings. The summed E-state index contributed by atoms with van der Waals surface area (Å²) >= 11 is 0. The molecule has 0 radical (unpaired) electrons. The SMILES string of the molecule is CNCC1CCN(CC(=O)Nc2nnc(C(C)C)o2)C1. The molecule has 1 amide bonds. The predicted molar refractivity (Wildman–Crippen MR) is 75.5 cm³/mol. The van der Waals surface area contributed by atoms with Gasteiger partial charge in [0.2, 0.25) is 11.8 Å². The van der Waals surface area contributed by atoms with Crippen molar-refractivity contribution in [3.63, 3.8) is 0 Å². The number of nitrogens with one attached hydrogen (secondary N) is 2. The maximum atomic E-state index is 11.9. The van der Waals surface area contributed by atoms with Crippen LogP contribution in [0.4, 0.5) is 6.01 Å². The van der Waals surface area contributed by atoms with Gasteiger partial charge in [-0.1, -0.05) is 18.9 Å². The molecule has 0 saturated carbocycles. The normalized spacial score (nSPS) is 19.7. The minimum Gasteiger partial charge on any atom is -0.408 e. The molecule has 112 valence electrons. The van der Waals surface area contributed by atoms with Gasteiger partial charge in [0, 0.05) is 12.5 Å². The summed E-state index contributed by atoms with van der Waals surface area (Å²) in [5, 5.41) is 13.5. The summed E-state index contributed by atoms with van der Waals surface area (Å²) in [5.41, 5.74) is 0. The number of aromatic nitrogens is 2. The summed E-state index contributed by atoms with van der Waals surface area (Å²) in [4.78, 5) is 14.1. The van der Waals surface area contributed by atoms with E-state index in [1.54, 1.807) is 0 Å². The van der Waals surface area contributed by atoms with Crippen molar-refractivity contribution in [3.05, 3.63) is 5.89 Å². The lowest BCUT2D eigenvalue weighted by atomic mass is 10.1. The van der Waals surface area contributed by atoms with Crippen LogP contribution in [-0.2, 0) is 4.79 Å². The fourth-order valence-electron chi connectivity index (χ4n) is 2.39. The average Bonchev–Trinajstić information content (AvgIpc) is 2.99. The zero-order valence-corrected chi connectivity index (χ0v) is 12.3. The van der Waals surface area contributed by atoms with E-state index in [0.29, 0.717) is 18.4 Å². The lowest BCUT2D eigenvalue weighted by Crippen LogP contribution is -2.32. The van der Waals surface area contributed by atoms with Crippen LogP contribution in [0.25, 0.3) is 0 Å². The molecule has 1 saturated heterocycles. The third-order valence-electron chi connectivity index (χ3n) is 3.41. The molecule has 1 unspecified atom stereocenters. The van der Waals surface area contributed by atoms with E-state index in [4.69, 9.17) is 4.42 Å². The van der Waals surface area contributed by atoms with Crippen molar-refractivity contribution in [2.24, 2.45) is 5.92 Å². The number of anilines is 1. The number of carbonyl (C=O) groups excluding carboxylic acids is 1. The topological polar surface area (TPSA) is 83.3 Å². The molecule has 1 fully saturated rings.